The Balaban J connectivity index is 0.894. The Morgan fingerprint density at radius 1 is 0.237 bits per heavy atom. The zero-order valence-electron chi connectivity index (χ0n) is 47.2. The molecule has 24 atom stereocenters. The Labute approximate surface area is 476 Å². The van der Waals surface area contributed by atoms with Gasteiger partial charge in [-0.3, -0.25) is 42.5 Å². The summed E-state index contributed by atoms with van der Waals surface area (Å²) < 4.78 is 0. The van der Waals surface area contributed by atoms with Gasteiger partial charge in [0.1, 0.15) is 0 Å². The van der Waals surface area contributed by atoms with Gasteiger partial charge in [0, 0.05) is 24.2 Å². The van der Waals surface area contributed by atoms with E-state index in [9.17, 15) is 0 Å². The number of hydrogen-bond donors (Lipinski definition) is 12. The molecule has 0 aromatic heterocycles. The molecule has 4 aromatic carbocycles. The minimum absolute atomic E-state index is 0.0644. The van der Waals surface area contributed by atoms with Crippen LogP contribution < -0.4 is 63.8 Å². The molecule has 4 aliphatic carbocycles. The molecule has 9 aliphatic heterocycles. The normalized spacial score (nSPS) is 45.4. The molecule has 12 nitrogen and oxygen atoms in total. The highest BCUT2D eigenvalue weighted by Crippen LogP contribution is 2.64. The lowest BCUT2D eigenvalue weighted by molar-refractivity contribution is -0.0880. The number of benzene rings is 4. The van der Waals surface area contributed by atoms with E-state index in [0.29, 0.717) is 47.8 Å². The van der Waals surface area contributed by atoms with E-state index in [1.807, 2.05) is 0 Å². The van der Waals surface area contributed by atoms with Gasteiger partial charge in [-0.2, -0.15) is 0 Å². The van der Waals surface area contributed by atoms with E-state index in [0.717, 1.165) is 51.9 Å². The molecule has 24 unspecified atom stereocenters. The van der Waals surface area contributed by atoms with Gasteiger partial charge in [0.05, 0.1) is 49.3 Å². The molecule has 17 rings (SSSR count). The highest BCUT2D eigenvalue weighted by molar-refractivity contribution is 5.41. The van der Waals surface area contributed by atoms with Crippen molar-refractivity contribution in [3.05, 3.63) is 142 Å². The summed E-state index contributed by atoms with van der Waals surface area (Å²) in [5.74, 6) is 5.28. The van der Waals surface area contributed by atoms with Crippen LogP contribution in [0.3, 0.4) is 0 Å². The van der Waals surface area contributed by atoms with Crippen LogP contribution in [0.2, 0.25) is 0 Å². The summed E-state index contributed by atoms with van der Waals surface area (Å²) in [7, 11) is 0. The van der Waals surface area contributed by atoms with Gasteiger partial charge in [-0.25, -0.2) is 0 Å². The average Bonchev–Trinajstić information content (AvgIpc) is 3.75. The maximum atomic E-state index is 4.76. The molecular weight excluding hydrogens is 985 g/mol. The SMILES string of the molecule is c1ccc2c(c1)CCNC2C1C2C3NC4NC(NC5NC(NC6NC(NC(N3)C2C(C2NCCc3ccccc32)C(C2NCCc3ccccc32)C1C1NCCc2ccccc21)C1CCCCC61)C1CCCCC51)C1CCCCC41. The summed E-state index contributed by atoms with van der Waals surface area (Å²) in [4.78, 5) is 0. The van der Waals surface area contributed by atoms with Crippen molar-refractivity contribution in [1.82, 2.24) is 63.8 Å². The fourth-order valence-corrected chi connectivity index (χ4v) is 21.6. The van der Waals surface area contributed by atoms with Crippen molar-refractivity contribution in [1.29, 1.82) is 0 Å². The molecule has 0 amide bonds. The largest absolute Gasteiger partial charge is 0.309 e. The molecule has 4 aromatic rings. The van der Waals surface area contributed by atoms with Gasteiger partial charge < -0.3 is 21.3 Å². The van der Waals surface area contributed by atoms with Crippen LogP contribution in [0.25, 0.3) is 0 Å². The molecule has 4 saturated carbocycles. The summed E-state index contributed by atoms with van der Waals surface area (Å²) in [6.45, 7) is 4.01. The highest BCUT2D eigenvalue weighted by atomic mass is 15.4. The number of rotatable bonds is 4. The molecule has 5 saturated heterocycles. The summed E-state index contributed by atoms with van der Waals surface area (Å²) in [6.07, 6.45) is 21.9. The molecule has 13 aliphatic rings. The fraction of sp³-hybridized carbons (Fsp3) is 0.647. The number of nitrogens with one attached hydrogen (secondary N) is 12. The molecule has 12 heteroatoms. The molecule has 80 heavy (non-hydrogen) atoms. The Kier molecular flexibility index (Phi) is 13.5. The van der Waals surface area contributed by atoms with Crippen LogP contribution in [0.4, 0.5) is 0 Å². The van der Waals surface area contributed by atoms with Crippen molar-refractivity contribution in [3.8, 4) is 0 Å². The van der Waals surface area contributed by atoms with Crippen LogP contribution >= 0.6 is 0 Å². The lowest BCUT2D eigenvalue weighted by Gasteiger charge is -2.61. The first kappa shape index (κ1) is 50.9. The maximum Gasteiger partial charge on any atom is 0.0632 e. The first-order valence-corrected chi connectivity index (χ1v) is 33.0. The average molecular weight is 1080 g/mol. The minimum atomic E-state index is 0.0644. The first-order valence-electron chi connectivity index (χ1n) is 33.0. The standard InChI is InChI=1S/C68H92N12/c1-5-19-41-37(15-1)29-33-69-57(41)51-52(58-42-20-6-2-16-38(42)30-34-70-58)54(60-44-22-8-4-18-40(44)32-36-72-60)56-55(53(51)59-43-21-7-3-17-39(43)31-35-71-59)67-78-65-49-27-13-11-25-47(49)63(76-65)74-61-45-23-9-10-24-46(45)62(73-61)75-64-48-26-12-14-28-50(48)66(77-64)79-68(56)80-67/h1-8,15-22,45-80H,9-14,23-36H2. The zero-order valence-corrected chi connectivity index (χ0v) is 47.2. The van der Waals surface area contributed by atoms with Gasteiger partial charge in [0.2, 0.25) is 0 Å². The third-order valence-electron chi connectivity index (χ3n) is 24.6. The topological polar surface area (TPSA) is 144 Å². The summed E-state index contributed by atoms with van der Waals surface area (Å²) in [5.41, 5.74) is 12.3. The predicted octanol–water partition coefficient (Wildman–Crippen LogP) is 7.06. The van der Waals surface area contributed by atoms with Gasteiger partial charge >= 0.3 is 0 Å². The van der Waals surface area contributed by atoms with Gasteiger partial charge in [-0.05, 0) is 206 Å². The second kappa shape index (κ2) is 21.2. The van der Waals surface area contributed by atoms with E-state index in [4.69, 9.17) is 16.0 Å². The van der Waals surface area contributed by atoms with Crippen molar-refractivity contribution in [2.75, 3.05) is 26.2 Å². The summed E-state index contributed by atoms with van der Waals surface area (Å²) >= 11 is 0. The fourth-order valence-electron chi connectivity index (χ4n) is 21.6. The molecule has 0 spiro atoms. The Bertz CT molecular complexity index is 2690. The maximum absolute atomic E-state index is 4.76. The molecule has 424 valence electrons. The number of hydrogen-bond acceptors (Lipinski definition) is 12. The van der Waals surface area contributed by atoms with Crippen molar-refractivity contribution < 1.29 is 0 Å². The molecule has 9 fully saturated rings. The molecule has 8 bridgehead atoms. The molecule has 9 heterocycles. The Morgan fingerprint density at radius 2 is 0.450 bits per heavy atom. The molecule has 0 radical (unpaired) electrons. The van der Waals surface area contributed by atoms with Crippen LogP contribution in [-0.4, -0.2) is 75.5 Å². The van der Waals surface area contributed by atoms with E-state index in [2.05, 4.69) is 145 Å². The van der Waals surface area contributed by atoms with E-state index in [1.165, 1.54) is 110 Å². The van der Waals surface area contributed by atoms with Crippen LogP contribution in [0.15, 0.2) is 97.1 Å². The van der Waals surface area contributed by atoms with E-state index >= 15 is 0 Å². The van der Waals surface area contributed by atoms with Crippen LogP contribution in [0, 0.1) is 71.0 Å². The van der Waals surface area contributed by atoms with Crippen molar-refractivity contribution in [3.63, 3.8) is 0 Å². The van der Waals surface area contributed by atoms with E-state index in [1.54, 1.807) is 11.1 Å². The number of fused-ring (bicyclic) bond motifs is 24. The van der Waals surface area contributed by atoms with Crippen molar-refractivity contribution >= 4 is 0 Å². The first-order chi connectivity index (χ1) is 39.7. The van der Waals surface area contributed by atoms with Crippen LogP contribution in [-0.2, 0) is 25.7 Å². The van der Waals surface area contributed by atoms with Gasteiger partial charge in [0.25, 0.3) is 0 Å². The van der Waals surface area contributed by atoms with Gasteiger partial charge in [-0.15, -0.1) is 0 Å². The predicted molar refractivity (Wildman–Crippen MR) is 316 cm³/mol. The third kappa shape index (κ3) is 8.48. The van der Waals surface area contributed by atoms with Gasteiger partial charge in [0.15, 0.2) is 0 Å². The zero-order chi connectivity index (χ0) is 52.4. The van der Waals surface area contributed by atoms with Gasteiger partial charge in [-0.1, -0.05) is 136 Å². The second-order valence-corrected chi connectivity index (χ2v) is 28.0. The lowest BCUT2D eigenvalue weighted by Crippen LogP contribution is -2.64. The quantitative estimate of drug-likeness (QED) is 0.102. The van der Waals surface area contributed by atoms with E-state index in [-0.39, 0.29) is 96.7 Å². The van der Waals surface area contributed by atoms with Crippen molar-refractivity contribution in [2.24, 2.45) is 71.0 Å². The Hall–Kier alpha value is -3.60. The lowest BCUT2D eigenvalue weighted by atomic mass is 9.48. The third-order valence-corrected chi connectivity index (χ3v) is 24.6. The summed E-state index contributed by atoms with van der Waals surface area (Å²) in [6, 6.07) is 39.4. The minimum Gasteiger partial charge on any atom is -0.309 e. The highest BCUT2D eigenvalue weighted by Gasteiger charge is 2.66. The van der Waals surface area contributed by atoms with E-state index < -0.39 is 0 Å². The van der Waals surface area contributed by atoms with Crippen LogP contribution in [0.5, 0.6) is 0 Å². The Morgan fingerprint density at radius 3 is 0.713 bits per heavy atom. The monoisotopic (exact) mass is 1080 g/mol. The summed E-state index contributed by atoms with van der Waals surface area (Å²) in [5, 5.41) is 54.5. The van der Waals surface area contributed by atoms with Crippen molar-refractivity contribution in [2.45, 2.75) is 176 Å². The van der Waals surface area contributed by atoms with Crippen LogP contribution in [0.1, 0.15) is 146 Å². The molecule has 12 N–H and O–H groups in total. The smallest absolute Gasteiger partial charge is 0.0632 e. The molecular formula is C68H92N12. The second-order valence-electron chi connectivity index (χ2n) is 28.0.